The zero-order chi connectivity index (χ0) is 23.5. The lowest BCUT2D eigenvalue weighted by molar-refractivity contribution is 0.102. The number of aromatic nitrogens is 2. The van der Waals surface area contributed by atoms with Crippen LogP contribution in [0.15, 0.2) is 57.8 Å². The van der Waals surface area contributed by atoms with Crippen molar-refractivity contribution >= 4 is 42.2 Å². The number of hydrogen-bond acceptors (Lipinski definition) is 8. The van der Waals surface area contributed by atoms with Crippen LogP contribution in [0.3, 0.4) is 0 Å². The molecule has 0 spiro atoms. The molecule has 1 amide bonds. The summed E-state index contributed by atoms with van der Waals surface area (Å²) in [5, 5.41) is 10.1. The molecule has 0 bridgehead atoms. The maximum absolute atomic E-state index is 12.8. The van der Waals surface area contributed by atoms with E-state index in [0.717, 1.165) is 23.2 Å². The number of aryl methyl sites for hydroxylation is 1. The Bertz CT molecular complexity index is 1320. The summed E-state index contributed by atoms with van der Waals surface area (Å²) in [6.45, 7) is 3.70. The number of anilines is 1. The highest BCUT2D eigenvalue weighted by Crippen LogP contribution is 2.25. The fourth-order valence-corrected chi connectivity index (χ4v) is 5.66. The topological polar surface area (TPSA) is 135 Å². The quantitative estimate of drug-likeness (QED) is 0.460. The van der Waals surface area contributed by atoms with E-state index < -0.39 is 31.8 Å². The van der Waals surface area contributed by atoms with Crippen LogP contribution in [-0.4, -0.2) is 39.2 Å². The van der Waals surface area contributed by atoms with Gasteiger partial charge in [0.2, 0.25) is 9.47 Å². The van der Waals surface area contributed by atoms with Crippen LogP contribution in [0.2, 0.25) is 0 Å². The zero-order valence-corrected chi connectivity index (χ0v) is 20.0. The number of sulfonamides is 1. The molecule has 2 N–H and O–H groups in total. The third-order valence-corrected chi connectivity index (χ3v) is 8.39. The van der Waals surface area contributed by atoms with E-state index in [-0.39, 0.29) is 14.4 Å². The van der Waals surface area contributed by atoms with Crippen molar-refractivity contribution in [3.63, 3.8) is 0 Å². The number of nitrogens with zero attached hydrogens (tertiary/aromatic N) is 2. The molecule has 0 unspecified atom stereocenters. The molecular formula is C20H22N4O5S3. The number of sulfone groups is 1. The lowest BCUT2D eigenvalue weighted by Crippen LogP contribution is -2.28. The van der Waals surface area contributed by atoms with Crippen molar-refractivity contribution in [1.29, 1.82) is 0 Å². The van der Waals surface area contributed by atoms with Gasteiger partial charge >= 0.3 is 0 Å². The van der Waals surface area contributed by atoms with Gasteiger partial charge in [-0.1, -0.05) is 48.1 Å². The highest BCUT2D eigenvalue weighted by Gasteiger charge is 2.25. The van der Waals surface area contributed by atoms with Crippen molar-refractivity contribution in [3.05, 3.63) is 65.2 Å². The second kappa shape index (κ2) is 9.45. The summed E-state index contributed by atoms with van der Waals surface area (Å²) in [4.78, 5) is 12.5. The number of benzene rings is 2. The van der Waals surface area contributed by atoms with Gasteiger partial charge in [0.25, 0.3) is 15.9 Å². The van der Waals surface area contributed by atoms with Crippen molar-refractivity contribution in [3.8, 4) is 0 Å². The van der Waals surface area contributed by atoms with E-state index in [2.05, 4.69) is 20.2 Å². The molecule has 2 aromatic carbocycles. The minimum Gasteiger partial charge on any atom is -0.296 e. The van der Waals surface area contributed by atoms with Gasteiger partial charge in [0.15, 0.2) is 9.84 Å². The average Bonchev–Trinajstić information content (AvgIpc) is 3.21. The Morgan fingerprint density at radius 3 is 2.19 bits per heavy atom. The molecule has 0 fully saturated rings. The Labute approximate surface area is 190 Å². The third-order valence-electron chi connectivity index (χ3n) is 4.59. The van der Waals surface area contributed by atoms with Crippen molar-refractivity contribution in [2.24, 2.45) is 0 Å². The van der Waals surface area contributed by atoms with Gasteiger partial charge in [-0.3, -0.25) is 10.1 Å². The third kappa shape index (κ3) is 5.76. The first-order chi connectivity index (χ1) is 15.0. The molecule has 1 heterocycles. The smallest absolute Gasteiger partial charge is 0.270 e. The highest BCUT2D eigenvalue weighted by atomic mass is 32.2. The Balaban J connectivity index is 1.74. The molecule has 0 radical (unpaired) electrons. The lowest BCUT2D eigenvalue weighted by atomic mass is 10.1. The van der Waals surface area contributed by atoms with Gasteiger partial charge in [-0.25, -0.2) is 21.6 Å². The van der Waals surface area contributed by atoms with Crippen molar-refractivity contribution in [2.45, 2.75) is 35.5 Å². The van der Waals surface area contributed by atoms with Gasteiger partial charge < -0.3 is 0 Å². The molecule has 1 atom stereocenters. The van der Waals surface area contributed by atoms with Crippen LogP contribution < -0.4 is 10.0 Å². The van der Waals surface area contributed by atoms with Crippen LogP contribution >= 0.6 is 11.3 Å². The SMILES string of the molecule is CC[C@H](NS(=O)(=O)c1nnc(NC(=O)c2ccc(C)cc2)s1)c1ccc(S(C)(=O)=O)cc1. The van der Waals surface area contributed by atoms with E-state index in [0.29, 0.717) is 17.5 Å². The summed E-state index contributed by atoms with van der Waals surface area (Å²) in [5.41, 5.74) is 2.03. The summed E-state index contributed by atoms with van der Waals surface area (Å²) in [6, 6.07) is 12.3. The molecule has 0 aliphatic rings. The number of rotatable bonds is 8. The van der Waals surface area contributed by atoms with Crippen molar-refractivity contribution in [1.82, 2.24) is 14.9 Å². The van der Waals surface area contributed by atoms with E-state index in [1.165, 1.54) is 12.1 Å². The minimum absolute atomic E-state index is 0.0569. The molecule has 0 saturated carbocycles. The Kier molecular flexibility index (Phi) is 7.08. The van der Waals surface area contributed by atoms with Gasteiger partial charge in [-0.2, -0.15) is 0 Å². The number of hydrogen-bond donors (Lipinski definition) is 2. The van der Waals surface area contributed by atoms with Gasteiger partial charge in [0.05, 0.1) is 4.90 Å². The van der Waals surface area contributed by atoms with E-state index >= 15 is 0 Å². The van der Waals surface area contributed by atoms with Crippen LogP contribution in [-0.2, 0) is 19.9 Å². The van der Waals surface area contributed by atoms with Crippen LogP contribution in [0, 0.1) is 6.92 Å². The molecule has 0 aliphatic heterocycles. The molecule has 9 nitrogen and oxygen atoms in total. The van der Waals surface area contributed by atoms with E-state index in [9.17, 15) is 21.6 Å². The fraction of sp³-hybridized carbons (Fsp3) is 0.250. The summed E-state index contributed by atoms with van der Waals surface area (Å²) in [6.07, 6.45) is 1.53. The van der Waals surface area contributed by atoms with Crippen LogP contribution in [0.25, 0.3) is 0 Å². The van der Waals surface area contributed by atoms with Crippen molar-refractivity contribution in [2.75, 3.05) is 11.6 Å². The standard InChI is InChI=1S/C20H22N4O5S3/c1-4-17(14-9-11-16(12-10-14)31(3,26)27)24-32(28,29)20-23-22-19(30-20)21-18(25)15-7-5-13(2)6-8-15/h5-12,17,24H,4H2,1-3H3,(H,21,22,25)/t17-/m0/s1. The summed E-state index contributed by atoms with van der Waals surface area (Å²) in [5.74, 6) is -0.421. The van der Waals surface area contributed by atoms with Gasteiger partial charge in [0, 0.05) is 17.9 Å². The molecular weight excluding hydrogens is 472 g/mol. The first-order valence-electron chi connectivity index (χ1n) is 9.53. The Morgan fingerprint density at radius 1 is 1.00 bits per heavy atom. The van der Waals surface area contributed by atoms with Gasteiger partial charge in [-0.05, 0) is 43.2 Å². The normalized spacial score (nSPS) is 13.0. The first kappa shape index (κ1) is 24.0. The monoisotopic (exact) mass is 494 g/mol. The molecule has 170 valence electrons. The molecule has 1 aromatic heterocycles. The summed E-state index contributed by atoms with van der Waals surface area (Å²) in [7, 11) is -7.37. The molecule has 32 heavy (non-hydrogen) atoms. The van der Waals surface area contributed by atoms with Crippen LogP contribution in [0.1, 0.15) is 40.9 Å². The number of amides is 1. The zero-order valence-electron chi connectivity index (χ0n) is 17.6. The van der Waals surface area contributed by atoms with Crippen LogP contribution in [0.5, 0.6) is 0 Å². The highest BCUT2D eigenvalue weighted by molar-refractivity contribution is 7.91. The minimum atomic E-state index is -4.02. The lowest BCUT2D eigenvalue weighted by Gasteiger charge is -2.16. The van der Waals surface area contributed by atoms with E-state index in [1.807, 2.05) is 6.92 Å². The first-order valence-corrected chi connectivity index (χ1v) is 13.7. The van der Waals surface area contributed by atoms with E-state index in [1.54, 1.807) is 43.3 Å². The fourth-order valence-electron chi connectivity index (χ4n) is 2.82. The van der Waals surface area contributed by atoms with Crippen LogP contribution in [0.4, 0.5) is 5.13 Å². The second-order valence-corrected chi connectivity index (χ2v) is 12.0. The summed E-state index contributed by atoms with van der Waals surface area (Å²) < 4.78 is 51.1. The van der Waals surface area contributed by atoms with Gasteiger partial charge in [0.1, 0.15) is 0 Å². The number of nitrogens with one attached hydrogen (secondary N) is 2. The molecule has 12 heteroatoms. The van der Waals surface area contributed by atoms with Crippen molar-refractivity contribution < 1.29 is 21.6 Å². The molecule has 0 saturated heterocycles. The predicted octanol–water partition coefficient (Wildman–Crippen LogP) is 2.93. The molecule has 3 rings (SSSR count). The maximum atomic E-state index is 12.8. The largest absolute Gasteiger partial charge is 0.296 e. The predicted molar refractivity (Wildman–Crippen MR) is 122 cm³/mol. The summed E-state index contributed by atoms with van der Waals surface area (Å²) >= 11 is 0.736. The molecule has 3 aromatic rings. The maximum Gasteiger partial charge on any atom is 0.270 e. The van der Waals surface area contributed by atoms with E-state index in [4.69, 9.17) is 0 Å². The Hall–Kier alpha value is -2.67. The second-order valence-electron chi connectivity index (χ2n) is 7.12. The Morgan fingerprint density at radius 2 is 1.62 bits per heavy atom. The molecule has 0 aliphatic carbocycles. The number of carbonyl (C=O) groups excluding carboxylic acids is 1. The number of carbonyl (C=O) groups is 1. The average molecular weight is 495 g/mol. The van der Waals surface area contributed by atoms with Gasteiger partial charge in [-0.15, -0.1) is 10.2 Å².